The molecule has 1 heterocycles. The maximum atomic E-state index is 12.7. The fraction of sp³-hybridized carbons (Fsp3) is 0.588. The van der Waals surface area contributed by atoms with Crippen LogP contribution in [-0.4, -0.2) is 37.1 Å². The first-order valence-corrected chi connectivity index (χ1v) is 7.59. The molecule has 0 saturated carbocycles. The highest BCUT2D eigenvalue weighted by atomic mass is 16.5. The lowest BCUT2D eigenvalue weighted by Gasteiger charge is -2.39. The third-order valence-electron chi connectivity index (χ3n) is 4.32. The van der Waals surface area contributed by atoms with E-state index in [1.165, 1.54) is 6.42 Å². The minimum atomic E-state index is 0.179. The molecular weight excluding hydrogens is 266 g/mol. The van der Waals surface area contributed by atoms with Crippen LogP contribution in [0.25, 0.3) is 0 Å². The van der Waals surface area contributed by atoms with Crippen molar-refractivity contribution < 1.29 is 14.3 Å². The van der Waals surface area contributed by atoms with Crippen molar-refractivity contribution in [1.29, 1.82) is 0 Å². The third-order valence-corrected chi connectivity index (χ3v) is 4.32. The van der Waals surface area contributed by atoms with E-state index in [0.29, 0.717) is 24.3 Å². The Bertz CT molecular complexity index is 491. The number of amides is 1. The monoisotopic (exact) mass is 291 g/mol. The maximum absolute atomic E-state index is 12.7. The molecule has 0 spiro atoms. The molecule has 1 aromatic carbocycles. The fourth-order valence-corrected chi connectivity index (χ4v) is 3.17. The molecule has 1 saturated heterocycles. The van der Waals surface area contributed by atoms with Crippen LogP contribution in [0, 0.1) is 0 Å². The first-order valence-electron chi connectivity index (χ1n) is 7.59. The van der Waals surface area contributed by atoms with Gasteiger partial charge < -0.3 is 14.4 Å². The van der Waals surface area contributed by atoms with Gasteiger partial charge in [0.15, 0.2) is 0 Å². The van der Waals surface area contributed by atoms with Gasteiger partial charge in [-0.15, -0.1) is 0 Å². The number of hydrogen-bond acceptors (Lipinski definition) is 3. The Morgan fingerprint density at radius 2 is 1.86 bits per heavy atom. The van der Waals surface area contributed by atoms with Crippen molar-refractivity contribution in [2.45, 2.75) is 51.6 Å². The highest BCUT2D eigenvalue weighted by Gasteiger charge is 2.29. The number of methoxy groups -OCH3 is 2. The van der Waals surface area contributed by atoms with E-state index in [1.807, 2.05) is 23.1 Å². The van der Waals surface area contributed by atoms with Gasteiger partial charge in [-0.3, -0.25) is 4.79 Å². The summed E-state index contributed by atoms with van der Waals surface area (Å²) in [5.41, 5.74) is 0.910. The number of nitrogens with zero attached hydrogens (tertiary/aromatic N) is 1. The summed E-state index contributed by atoms with van der Waals surface area (Å²) >= 11 is 0. The quantitative estimate of drug-likeness (QED) is 0.856. The summed E-state index contributed by atoms with van der Waals surface area (Å²) in [4.78, 5) is 14.7. The number of piperidine rings is 1. The Hall–Kier alpha value is -1.71. The lowest BCUT2D eigenvalue weighted by Crippen LogP contribution is -2.48. The molecule has 0 aromatic heterocycles. The maximum Gasteiger partial charge on any atom is 0.227 e. The van der Waals surface area contributed by atoms with Crippen LogP contribution in [0.3, 0.4) is 0 Å². The first kappa shape index (κ1) is 15.7. The molecule has 0 N–H and O–H groups in total. The van der Waals surface area contributed by atoms with Crippen LogP contribution in [0.4, 0.5) is 0 Å². The lowest BCUT2D eigenvalue weighted by molar-refractivity contribution is -0.136. The number of hydrogen-bond donors (Lipinski definition) is 0. The molecule has 116 valence electrons. The van der Waals surface area contributed by atoms with Crippen molar-refractivity contribution in [3.63, 3.8) is 0 Å². The molecule has 21 heavy (non-hydrogen) atoms. The van der Waals surface area contributed by atoms with E-state index in [4.69, 9.17) is 9.47 Å². The molecule has 0 radical (unpaired) electrons. The second-order valence-corrected chi connectivity index (χ2v) is 5.78. The van der Waals surface area contributed by atoms with Crippen LogP contribution in [0.5, 0.6) is 11.5 Å². The van der Waals surface area contributed by atoms with E-state index in [1.54, 1.807) is 14.2 Å². The number of benzene rings is 1. The van der Waals surface area contributed by atoms with E-state index < -0.39 is 0 Å². The standard InChI is InChI=1S/C17H25NO3/c1-12-6-5-7-13(2)18(12)17(19)10-14-8-9-15(20-3)11-16(14)21-4/h8-9,11-13H,5-7,10H2,1-4H3. The van der Waals surface area contributed by atoms with Gasteiger partial charge >= 0.3 is 0 Å². The number of ether oxygens (including phenoxy) is 2. The predicted molar refractivity (Wildman–Crippen MR) is 82.9 cm³/mol. The Morgan fingerprint density at radius 3 is 2.43 bits per heavy atom. The largest absolute Gasteiger partial charge is 0.497 e. The number of carbonyl (C=O) groups is 1. The lowest BCUT2D eigenvalue weighted by atomic mass is 9.96. The summed E-state index contributed by atoms with van der Waals surface area (Å²) in [6.45, 7) is 4.28. The van der Waals surface area contributed by atoms with Crippen LogP contribution < -0.4 is 9.47 Å². The van der Waals surface area contributed by atoms with Gasteiger partial charge in [0.2, 0.25) is 5.91 Å². The normalized spacial score (nSPS) is 22.0. The van der Waals surface area contributed by atoms with Crippen LogP contribution in [0.2, 0.25) is 0 Å². The molecule has 2 rings (SSSR count). The molecule has 4 nitrogen and oxygen atoms in total. The van der Waals surface area contributed by atoms with Gasteiger partial charge in [-0.25, -0.2) is 0 Å². The molecule has 1 fully saturated rings. The minimum absolute atomic E-state index is 0.179. The molecule has 0 aliphatic carbocycles. The molecule has 1 aliphatic rings. The molecule has 1 amide bonds. The van der Waals surface area contributed by atoms with Crippen LogP contribution in [0.1, 0.15) is 38.7 Å². The Labute approximate surface area is 127 Å². The Morgan fingerprint density at radius 1 is 1.19 bits per heavy atom. The van der Waals surface area contributed by atoms with Gasteiger partial charge in [-0.1, -0.05) is 6.07 Å². The van der Waals surface area contributed by atoms with Crippen molar-refractivity contribution in [3.8, 4) is 11.5 Å². The van der Waals surface area contributed by atoms with Gasteiger partial charge in [0.05, 0.1) is 20.6 Å². The van der Waals surface area contributed by atoms with Gasteiger partial charge in [0, 0.05) is 23.7 Å². The van der Waals surface area contributed by atoms with E-state index in [0.717, 1.165) is 24.2 Å². The zero-order chi connectivity index (χ0) is 15.4. The Balaban J connectivity index is 2.15. The van der Waals surface area contributed by atoms with Gasteiger partial charge in [-0.05, 0) is 39.2 Å². The van der Waals surface area contributed by atoms with Gasteiger partial charge in [0.25, 0.3) is 0 Å². The van der Waals surface area contributed by atoms with Crippen molar-refractivity contribution in [1.82, 2.24) is 4.90 Å². The van der Waals surface area contributed by atoms with Gasteiger partial charge in [0.1, 0.15) is 11.5 Å². The third kappa shape index (κ3) is 3.49. The number of rotatable bonds is 4. The van der Waals surface area contributed by atoms with Crippen molar-refractivity contribution in [2.75, 3.05) is 14.2 Å². The average molecular weight is 291 g/mol. The molecule has 2 unspecified atom stereocenters. The predicted octanol–water partition coefficient (Wildman–Crippen LogP) is 3.04. The van der Waals surface area contributed by atoms with Gasteiger partial charge in [-0.2, -0.15) is 0 Å². The molecule has 1 aromatic rings. The molecule has 1 aliphatic heterocycles. The van der Waals surface area contributed by atoms with Crippen LogP contribution in [-0.2, 0) is 11.2 Å². The fourth-order valence-electron chi connectivity index (χ4n) is 3.17. The summed E-state index contributed by atoms with van der Waals surface area (Å²) in [6.07, 6.45) is 3.77. The second kappa shape index (κ2) is 6.83. The molecule has 2 atom stereocenters. The number of likely N-dealkylation sites (tertiary alicyclic amines) is 1. The molecular formula is C17H25NO3. The molecule has 0 bridgehead atoms. The van der Waals surface area contributed by atoms with E-state index >= 15 is 0 Å². The highest BCUT2D eigenvalue weighted by molar-refractivity contribution is 5.80. The van der Waals surface area contributed by atoms with Crippen molar-refractivity contribution in [3.05, 3.63) is 23.8 Å². The average Bonchev–Trinajstić information content (AvgIpc) is 2.47. The van der Waals surface area contributed by atoms with Crippen LogP contribution >= 0.6 is 0 Å². The number of carbonyl (C=O) groups excluding carboxylic acids is 1. The van der Waals surface area contributed by atoms with E-state index in [-0.39, 0.29) is 5.91 Å². The topological polar surface area (TPSA) is 38.8 Å². The minimum Gasteiger partial charge on any atom is -0.497 e. The van der Waals surface area contributed by atoms with Crippen LogP contribution in [0.15, 0.2) is 18.2 Å². The summed E-state index contributed by atoms with van der Waals surface area (Å²) in [5.74, 6) is 1.63. The zero-order valence-corrected chi connectivity index (χ0v) is 13.4. The summed E-state index contributed by atoms with van der Waals surface area (Å²) in [5, 5.41) is 0. The smallest absolute Gasteiger partial charge is 0.227 e. The Kier molecular flexibility index (Phi) is 5.10. The first-order chi connectivity index (χ1) is 10.1. The highest BCUT2D eigenvalue weighted by Crippen LogP contribution is 2.28. The van der Waals surface area contributed by atoms with Crippen molar-refractivity contribution in [2.24, 2.45) is 0 Å². The van der Waals surface area contributed by atoms with E-state index in [9.17, 15) is 4.79 Å². The van der Waals surface area contributed by atoms with E-state index in [2.05, 4.69) is 13.8 Å². The second-order valence-electron chi connectivity index (χ2n) is 5.78. The SMILES string of the molecule is COc1ccc(CC(=O)N2C(C)CCCC2C)c(OC)c1. The summed E-state index contributed by atoms with van der Waals surface area (Å²) in [6, 6.07) is 6.25. The van der Waals surface area contributed by atoms with Crippen molar-refractivity contribution >= 4 is 5.91 Å². The molecule has 4 heteroatoms. The zero-order valence-electron chi connectivity index (χ0n) is 13.4. The summed E-state index contributed by atoms with van der Waals surface area (Å²) in [7, 11) is 3.24. The summed E-state index contributed by atoms with van der Waals surface area (Å²) < 4.78 is 10.6.